The molecule has 1 unspecified atom stereocenters. The van der Waals surface area contributed by atoms with Gasteiger partial charge in [0.15, 0.2) is 0 Å². The van der Waals surface area contributed by atoms with Crippen molar-refractivity contribution in [3.8, 4) is 5.75 Å². The third-order valence-electron chi connectivity index (χ3n) is 2.55. The van der Waals surface area contributed by atoms with Gasteiger partial charge in [0.2, 0.25) is 5.91 Å². The lowest BCUT2D eigenvalue weighted by molar-refractivity contribution is -0.116. The molecule has 0 radical (unpaired) electrons. The molecule has 1 amide bonds. The summed E-state index contributed by atoms with van der Waals surface area (Å²) in [6.07, 6.45) is 1.48. The average molecular weight is 220 g/mol. The molecule has 2 rings (SSSR count). The van der Waals surface area contributed by atoms with Crippen molar-refractivity contribution >= 4 is 11.6 Å². The van der Waals surface area contributed by atoms with Crippen LogP contribution in [0.1, 0.15) is 18.9 Å². The van der Waals surface area contributed by atoms with E-state index < -0.39 is 0 Å². The lowest BCUT2D eigenvalue weighted by Gasteiger charge is -2.06. The Morgan fingerprint density at radius 1 is 1.62 bits per heavy atom. The highest BCUT2D eigenvalue weighted by atomic mass is 16.5. The van der Waals surface area contributed by atoms with Crippen molar-refractivity contribution in [2.45, 2.75) is 25.9 Å². The van der Waals surface area contributed by atoms with Crippen LogP contribution in [0.3, 0.4) is 0 Å². The number of amides is 1. The van der Waals surface area contributed by atoms with E-state index >= 15 is 0 Å². The van der Waals surface area contributed by atoms with Crippen molar-refractivity contribution in [2.75, 3.05) is 11.9 Å². The molecule has 4 heteroatoms. The van der Waals surface area contributed by atoms with Crippen LogP contribution < -0.4 is 15.8 Å². The van der Waals surface area contributed by atoms with E-state index in [2.05, 4.69) is 5.32 Å². The molecule has 1 aliphatic rings. The number of hydrogen-bond acceptors (Lipinski definition) is 3. The van der Waals surface area contributed by atoms with E-state index in [1.807, 2.05) is 25.1 Å². The quantitative estimate of drug-likeness (QED) is 0.807. The number of benzene rings is 1. The summed E-state index contributed by atoms with van der Waals surface area (Å²) in [5.41, 5.74) is 7.28. The SMILES string of the molecule is CC1Cc2cc(NC(=O)CCN)ccc2O1. The van der Waals surface area contributed by atoms with Gasteiger partial charge in [-0.05, 0) is 30.7 Å². The van der Waals surface area contributed by atoms with Gasteiger partial charge < -0.3 is 15.8 Å². The fourth-order valence-electron chi connectivity index (χ4n) is 1.85. The Balaban J connectivity index is 2.08. The highest BCUT2D eigenvalue weighted by Crippen LogP contribution is 2.30. The summed E-state index contributed by atoms with van der Waals surface area (Å²) < 4.78 is 5.58. The molecule has 1 aromatic carbocycles. The van der Waals surface area contributed by atoms with Gasteiger partial charge in [0.05, 0.1) is 0 Å². The van der Waals surface area contributed by atoms with Crippen molar-refractivity contribution < 1.29 is 9.53 Å². The molecule has 16 heavy (non-hydrogen) atoms. The largest absolute Gasteiger partial charge is 0.490 e. The minimum Gasteiger partial charge on any atom is -0.490 e. The van der Waals surface area contributed by atoms with Crippen LogP contribution >= 0.6 is 0 Å². The van der Waals surface area contributed by atoms with Gasteiger partial charge >= 0.3 is 0 Å². The van der Waals surface area contributed by atoms with Crippen LogP contribution in [0, 0.1) is 0 Å². The van der Waals surface area contributed by atoms with Crippen LogP contribution in [-0.2, 0) is 11.2 Å². The number of rotatable bonds is 3. The molecule has 0 aromatic heterocycles. The molecule has 86 valence electrons. The Morgan fingerprint density at radius 2 is 2.44 bits per heavy atom. The Bertz CT molecular complexity index is 404. The second-order valence-corrected chi connectivity index (χ2v) is 4.04. The molecule has 0 bridgehead atoms. The van der Waals surface area contributed by atoms with Gasteiger partial charge in [-0.3, -0.25) is 4.79 Å². The minimum absolute atomic E-state index is 0.0468. The zero-order valence-corrected chi connectivity index (χ0v) is 9.32. The second-order valence-electron chi connectivity index (χ2n) is 4.04. The predicted octanol–water partition coefficient (Wildman–Crippen LogP) is 1.30. The minimum atomic E-state index is -0.0468. The fraction of sp³-hybridized carbons (Fsp3) is 0.417. The fourth-order valence-corrected chi connectivity index (χ4v) is 1.85. The van der Waals surface area contributed by atoms with E-state index in [1.165, 1.54) is 0 Å². The first-order valence-electron chi connectivity index (χ1n) is 5.48. The smallest absolute Gasteiger partial charge is 0.225 e. The van der Waals surface area contributed by atoms with Crippen LogP contribution in [0.25, 0.3) is 0 Å². The summed E-state index contributed by atoms with van der Waals surface area (Å²) in [6, 6.07) is 5.72. The van der Waals surface area contributed by atoms with E-state index in [0.29, 0.717) is 13.0 Å². The Morgan fingerprint density at radius 3 is 3.19 bits per heavy atom. The van der Waals surface area contributed by atoms with E-state index in [9.17, 15) is 4.79 Å². The third kappa shape index (κ3) is 2.33. The van der Waals surface area contributed by atoms with Crippen LogP contribution in [0.15, 0.2) is 18.2 Å². The first-order valence-corrected chi connectivity index (χ1v) is 5.48. The summed E-state index contributed by atoms with van der Waals surface area (Å²) in [5.74, 6) is 0.874. The van der Waals surface area contributed by atoms with E-state index in [0.717, 1.165) is 23.4 Å². The normalized spacial score (nSPS) is 17.8. The topological polar surface area (TPSA) is 64.4 Å². The van der Waals surface area contributed by atoms with Crippen molar-refractivity contribution in [3.63, 3.8) is 0 Å². The van der Waals surface area contributed by atoms with Gasteiger partial charge in [-0.15, -0.1) is 0 Å². The number of nitrogens with two attached hydrogens (primary N) is 1. The van der Waals surface area contributed by atoms with Gasteiger partial charge in [-0.2, -0.15) is 0 Å². The number of fused-ring (bicyclic) bond motifs is 1. The van der Waals surface area contributed by atoms with Gasteiger partial charge in [0.25, 0.3) is 0 Å². The standard InChI is InChI=1S/C12H16N2O2/c1-8-6-9-7-10(2-3-11(9)16-8)14-12(15)4-5-13/h2-3,7-8H,4-6,13H2,1H3,(H,14,15). The summed E-state index contributed by atoms with van der Waals surface area (Å²) >= 11 is 0. The van der Waals surface area contributed by atoms with Crippen LogP contribution in [0.2, 0.25) is 0 Å². The van der Waals surface area contributed by atoms with Gasteiger partial charge in [0, 0.05) is 25.1 Å². The zero-order chi connectivity index (χ0) is 11.5. The molecule has 1 aromatic rings. The van der Waals surface area contributed by atoms with Crippen molar-refractivity contribution in [1.82, 2.24) is 0 Å². The van der Waals surface area contributed by atoms with Crippen LogP contribution in [0.4, 0.5) is 5.69 Å². The zero-order valence-electron chi connectivity index (χ0n) is 9.32. The van der Waals surface area contributed by atoms with Crippen LogP contribution in [-0.4, -0.2) is 18.6 Å². The molecular formula is C12H16N2O2. The lowest BCUT2D eigenvalue weighted by atomic mass is 10.1. The highest BCUT2D eigenvalue weighted by molar-refractivity contribution is 5.91. The van der Waals surface area contributed by atoms with E-state index in [1.54, 1.807) is 0 Å². The summed E-state index contributed by atoms with van der Waals surface area (Å²) in [6.45, 7) is 2.41. The molecule has 3 N–H and O–H groups in total. The van der Waals surface area contributed by atoms with Crippen molar-refractivity contribution in [3.05, 3.63) is 23.8 Å². The molecule has 0 aliphatic carbocycles. The van der Waals surface area contributed by atoms with Gasteiger partial charge in [0.1, 0.15) is 11.9 Å². The first-order chi connectivity index (χ1) is 7.69. The molecule has 1 atom stereocenters. The van der Waals surface area contributed by atoms with E-state index in [4.69, 9.17) is 10.5 Å². The molecule has 0 saturated carbocycles. The number of anilines is 1. The molecule has 0 spiro atoms. The van der Waals surface area contributed by atoms with E-state index in [-0.39, 0.29) is 12.0 Å². The monoisotopic (exact) mass is 220 g/mol. The van der Waals surface area contributed by atoms with Gasteiger partial charge in [-0.1, -0.05) is 0 Å². The molecular weight excluding hydrogens is 204 g/mol. The number of carbonyl (C=O) groups excluding carboxylic acids is 1. The first kappa shape index (κ1) is 11.0. The predicted molar refractivity (Wildman–Crippen MR) is 62.5 cm³/mol. The number of nitrogens with one attached hydrogen (secondary N) is 1. The molecule has 1 aliphatic heterocycles. The maximum absolute atomic E-state index is 11.4. The number of ether oxygens (including phenoxy) is 1. The van der Waals surface area contributed by atoms with Gasteiger partial charge in [-0.25, -0.2) is 0 Å². The highest BCUT2D eigenvalue weighted by Gasteiger charge is 2.19. The number of carbonyl (C=O) groups is 1. The third-order valence-corrected chi connectivity index (χ3v) is 2.55. The Labute approximate surface area is 94.8 Å². The molecule has 4 nitrogen and oxygen atoms in total. The summed E-state index contributed by atoms with van der Waals surface area (Å²) in [7, 11) is 0. The maximum atomic E-state index is 11.4. The molecule has 0 fully saturated rings. The Hall–Kier alpha value is -1.55. The summed E-state index contributed by atoms with van der Waals surface area (Å²) in [5, 5.41) is 2.81. The molecule has 1 heterocycles. The molecule has 0 saturated heterocycles. The number of hydrogen-bond donors (Lipinski definition) is 2. The average Bonchev–Trinajstić information content (AvgIpc) is 2.57. The van der Waals surface area contributed by atoms with Crippen LogP contribution in [0.5, 0.6) is 5.75 Å². The van der Waals surface area contributed by atoms with Crippen molar-refractivity contribution in [2.24, 2.45) is 5.73 Å². The van der Waals surface area contributed by atoms with Crippen molar-refractivity contribution in [1.29, 1.82) is 0 Å². The lowest BCUT2D eigenvalue weighted by Crippen LogP contribution is -2.16. The second kappa shape index (κ2) is 4.53. The Kier molecular flexibility index (Phi) is 3.10. The summed E-state index contributed by atoms with van der Waals surface area (Å²) in [4.78, 5) is 11.4. The maximum Gasteiger partial charge on any atom is 0.225 e.